The molecule has 0 atom stereocenters. The van der Waals surface area contributed by atoms with Crippen molar-refractivity contribution in [1.82, 2.24) is 0 Å². The van der Waals surface area contributed by atoms with Crippen molar-refractivity contribution in [3.05, 3.63) is 0 Å². The second-order valence-corrected chi connectivity index (χ2v) is 11.1. The molecule has 0 fully saturated rings. The molecule has 0 saturated carbocycles. The number of rotatable bonds is 6. The molecule has 0 aliphatic carbocycles. The predicted octanol–water partition coefficient (Wildman–Crippen LogP) is 4.07. The van der Waals surface area contributed by atoms with E-state index in [4.69, 9.17) is 22.2 Å². The normalized spacial score (nSPS) is 12.0. The minimum Gasteiger partial charge on any atom is -0.251 e. The highest BCUT2D eigenvalue weighted by Gasteiger charge is 2.19. The molecule has 0 unspecified atom stereocenters. The molecule has 11 heavy (non-hydrogen) atoms. The summed E-state index contributed by atoms with van der Waals surface area (Å²) in [6, 6.07) is 0.933. The standard InChI is InChI=1S/C7H15Cl2FSi/c1-11(8,9)7-5-3-2-4-6-10/h2-7H2,1H3. The monoisotopic (exact) mass is 216 g/mol. The van der Waals surface area contributed by atoms with Crippen molar-refractivity contribution in [2.45, 2.75) is 38.3 Å². The molecule has 0 aliphatic heterocycles. The van der Waals surface area contributed by atoms with Gasteiger partial charge in [0.1, 0.15) is 0 Å². The minimum absolute atomic E-state index is 0.198. The third-order valence-electron chi connectivity index (χ3n) is 1.50. The van der Waals surface area contributed by atoms with Gasteiger partial charge in [-0.15, -0.1) is 22.2 Å². The van der Waals surface area contributed by atoms with Gasteiger partial charge in [0.15, 0.2) is 0 Å². The molecule has 0 bridgehead atoms. The van der Waals surface area contributed by atoms with Crippen LogP contribution in [0.15, 0.2) is 0 Å². The maximum atomic E-state index is 11.6. The van der Waals surface area contributed by atoms with Gasteiger partial charge in [-0.3, -0.25) is 4.39 Å². The molecule has 0 N–H and O–H groups in total. The largest absolute Gasteiger partial charge is 0.251 e. The lowest BCUT2D eigenvalue weighted by atomic mass is 10.2. The highest BCUT2D eigenvalue weighted by atomic mass is 35.7. The van der Waals surface area contributed by atoms with Crippen LogP contribution in [0.2, 0.25) is 12.6 Å². The Labute approximate surface area is 78.5 Å². The SMILES string of the molecule is C[Si](Cl)(Cl)CCCCCCF. The van der Waals surface area contributed by atoms with E-state index in [0.29, 0.717) is 6.42 Å². The smallest absolute Gasteiger partial charge is 0.248 e. The number of alkyl halides is 1. The second-order valence-electron chi connectivity index (χ2n) is 2.92. The average molecular weight is 217 g/mol. The average Bonchev–Trinajstić information content (AvgIpc) is 1.85. The molecule has 0 aliphatic rings. The van der Waals surface area contributed by atoms with Crippen LogP contribution in [-0.2, 0) is 0 Å². The van der Waals surface area contributed by atoms with Gasteiger partial charge in [0.05, 0.1) is 6.67 Å². The van der Waals surface area contributed by atoms with E-state index >= 15 is 0 Å². The molecule has 0 rings (SSSR count). The Hall–Kier alpha value is 0.727. The summed E-state index contributed by atoms with van der Waals surface area (Å²) < 4.78 is 11.6. The number of halogens is 3. The van der Waals surface area contributed by atoms with Crippen molar-refractivity contribution >= 4 is 28.9 Å². The highest BCUT2D eigenvalue weighted by Crippen LogP contribution is 2.22. The minimum atomic E-state index is -1.87. The van der Waals surface area contributed by atoms with Crippen LogP contribution in [0.25, 0.3) is 0 Å². The van der Waals surface area contributed by atoms with Gasteiger partial charge in [-0.2, -0.15) is 0 Å². The molecule has 0 spiro atoms. The van der Waals surface area contributed by atoms with Gasteiger partial charge in [0.25, 0.3) is 0 Å². The summed E-state index contributed by atoms with van der Waals surface area (Å²) in [5.41, 5.74) is 0. The molecular weight excluding hydrogens is 202 g/mol. The van der Waals surface area contributed by atoms with Crippen molar-refractivity contribution in [1.29, 1.82) is 0 Å². The summed E-state index contributed by atoms with van der Waals surface area (Å²) in [4.78, 5) is 0. The Balaban J connectivity index is 3.02. The van der Waals surface area contributed by atoms with Gasteiger partial charge in [0, 0.05) is 0 Å². The fourth-order valence-corrected chi connectivity index (χ4v) is 2.56. The van der Waals surface area contributed by atoms with Crippen LogP contribution < -0.4 is 0 Å². The number of hydrogen-bond acceptors (Lipinski definition) is 0. The molecule has 0 aromatic carbocycles. The van der Waals surface area contributed by atoms with Gasteiger partial charge in [-0.1, -0.05) is 19.3 Å². The van der Waals surface area contributed by atoms with E-state index in [0.717, 1.165) is 25.3 Å². The second kappa shape index (κ2) is 6.27. The molecule has 0 saturated heterocycles. The Morgan fingerprint density at radius 2 is 1.64 bits per heavy atom. The molecule has 68 valence electrons. The van der Waals surface area contributed by atoms with Crippen LogP contribution in [-0.4, -0.2) is 13.4 Å². The highest BCUT2D eigenvalue weighted by molar-refractivity contribution is 7.44. The van der Waals surface area contributed by atoms with E-state index < -0.39 is 6.69 Å². The van der Waals surface area contributed by atoms with E-state index in [1.54, 1.807) is 0 Å². The first kappa shape index (κ1) is 11.7. The molecule has 0 amide bonds. The predicted molar refractivity (Wildman–Crippen MR) is 52.6 cm³/mol. The summed E-state index contributed by atoms with van der Waals surface area (Å²) in [7, 11) is 0. The van der Waals surface area contributed by atoms with E-state index in [2.05, 4.69) is 0 Å². The number of hydrogen-bond donors (Lipinski definition) is 0. The van der Waals surface area contributed by atoms with Crippen molar-refractivity contribution in [3.63, 3.8) is 0 Å². The zero-order valence-electron chi connectivity index (χ0n) is 6.88. The molecule has 4 heteroatoms. The molecule has 0 nitrogen and oxygen atoms in total. The summed E-state index contributed by atoms with van der Waals surface area (Å²) in [5.74, 6) is 0. The van der Waals surface area contributed by atoms with Crippen LogP contribution in [0.3, 0.4) is 0 Å². The Bertz CT molecular complexity index is 92.9. The lowest BCUT2D eigenvalue weighted by Crippen LogP contribution is -2.11. The van der Waals surface area contributed by atoms with Crippen LogP contribution in [0.5, 0.6) is 0 Å². The summed E-state index contributed by atoms with van der Waals surface area (Å²) in [6.07, 6.45) is 3.76. The Kier molecular flexibility index (Phi) is 6.68. The van der Waals surface area contributed by atoms with Crippen LogP contribution in [0.1, 0.15) is 25.7 Å². The van der Waals surface area contributed by atoms with Crippen LogP contribution in [0.4, 0.5) is 4.39 Å². The summed E-state index contributed by atoms with van der Waals surface area (Å²) >= 11 is 11.8. The van der Waals surface area contributed by atoms with Gasteiger partial charge in [-0.25, -0.2) is 0 Å². The first-order chi connectivity index (χ1) is 5.06. The zero-order valence-corrected chi connectivity index (χ0v) is 9.39. The van der Waals surface area contributed by atoms with Crippen LogP contribution in [0, 0.1) is 0 Å². The van der Waals surface area contributed by atoms with E-state index in [1.165, 1.54) is 0 Å². The molecule has 0 heterocycles. The first-order valence-electron chi connectivity index (χ1n) is 4.00. The van der Waals surface area contributed by atoms with Gasteiger partial charge in [0.2, 0.25) is 6.69 Å². The van der Waals surface area contributed by atoms with Crippen molar-refractivity contribution in [2.24, 2.45) is 0 Å². The van der Waals surface area contributed by atoms with E-state index in [9.17, 15) is 4.39 Å². The maximum absolute atomic E-state index is 11.6. The van der Waals surface area contributed by atoms with Crippen LogP contribution >= 0.6 is 22.2 Å². The molecular formula is C7H15Cl2FSi. The first-order valence-corrected chi connectivity index (χ1v) is 8.73. The fourth-order valence-electron chi connectivity index (χ4n) is 0.883. The van der Waals surface area contributed by atoms with Gasteiger partial charge < -0.3 is 0 Å². The van der Waals surface area contributed by atoms with E-state index in [1.807, 2.05) is 6.55 Å². The third kappa shape index (κ3) is 10.7. The summed E-state index contributed by atoms with van der Waals surface area (Å²) in [6.45, 7) is -0.143. The van der Waals surface area contributed by atoms with Crippen molar-refractivity contribution in [3.8, 4) is 0 Å². The van der Waals surface area contributed by atoms with E-state index in [-0.39, 0.29) is 6.67 Å². The molecule has 0 radical (unpaired) electrons. The zero-order chi connectivity index (χ0) is 8.74. The Morgan fingerprint density at radius 3 is 2.09 bits per heavy atom. The van der Waals surface area contributed by atoms with Crippen molar-refractivity contribution in [2.75, 3.05) is 6.67 Å². The Morgan fingerprint density at radius 1 is 1.09 bits per heavy atom. The topological polar surface area (TPSA) is 0 Å². The van der Waals surface area contributed by atoms with Gasteiger partial charge >= 0.3 is 0 Å². The lowest BCUT2D eigenvalue weighted by molar-refractivity contribution is 0.455. The summed E-state index contributed by atoms with van der Waals surface area (Å²) in [5, 5.41) is 0. The fraction of sp³-hybridized carbons (Fsp3) is 1.00. The molecule has 0 aromatic heterocycles. The third-order valence-corrected chi connectivity index (χ3v) is 3.86. The number of unbranched alkanes of at least 4 members (excludes halogenated alkanes) is 3. The van der Waals surface area contributed by atoms with Crippen molar-refractivity contribution < 1.29 is 4.39 Å². The van der Waals surface area contributed by atoms with Gasteiger partial charge in [-0.05, 0) is 19.0 Å². The lowest BCUT2D eigenvalue weighted by Gasteiger charge is -2.08. The quantitative estimate of drug-likeness (QED) is 0.357. The molecule has 0 aromatic rings. The maximum Gasteiger partial charge on any atom is 0.248 e.